The molecule has 18 heavy (non-hydrogen) atoms. The molecule has 0 saturated heterocycles. The average molecular weight is 265 g/mol. The summed E-state index contributed by atoms with van der Waals surface area (Å²) < 4.78 is 6.75. The van der Waals surface area contributed by atoms with Crippen molar-refractivity contribution in [3.05, 3.63) is 35.0 Å². The number of hydrogen-bond acceptors (Lipinski definition) is 4. The van der Waals surface area contributed by atoms with Crippen LogP contribution in [0.15, 0.2) is 18.3 Å². The Morgan fingerprint density at radius 1 is 1.44 bits per heavy atom. The third-order valence-electron chi connectivity index (χ3n) is 2.84. The van der Waals surface area contributed by atoms with Gasteiger partial charge in [0.25, 0.3) is 0 Å². The molecule has 2 aromatic heterocycles. The number of nitrogens with zero attached hydrogens (tertiary/aromatic N) is 4. The topological polar surface area (TPSA) is 52.8 Å². The lowest BCUT2D eigenvalue weighted by Gasteiger charge is -2.04. The van der Waals surface area contributed by atoms with Crippen LogP contribution in [0.2, 0.25) is 5.15 Å². The van der Waals surface area contributed by atoms with E-state index >= 15 is 0 Å². The van der Waals surface area contributed by atoms with Gasteiger partial charge in [-0.2, -0.15) is 5.10 Å². The van der Waals surface area contributed by atoms with Crippen molar-refractivity contribution < 1.29 is 4.74 Å². The van der Waals surface area contributed by atoms with E-state index in [9.17, 15) is 0 Å². The molecule has 0 N–H and O–H groups in total. The zero-order valence-corrected chi connectivity index (χ0v) is 10.8. The summed E-state index contributed by atoms with van der Waals surface area (Å²) in [5.74, 6) is 1.86. The van der Waals surface area contributed by atoms with E-state index in [1.165, 1.54) is 12.8 Å². The molecule has 1 aliphatic carbocycles. The van der Waals surface area contributed by atoms with E-state index in [0.29, 0.717) is 29.3 Å². The smallest absolute Gasteiger partial charge is 0.158 e. The van der Waals surface area contributed by atoms with Gasteiger partial charge in [0.2, 0.25) is 0 Å². The number of ether oxygens (including phenoxy) is 1. The van der Waals surface area contributed by atoms with Gasteiger partial charge in [-0.25, -0.2) is 14.6 Å². The van der Waals surface area contributed by atoms with Crippen LogP contribution >= 0.6 is 11.6 Å². The van der Waals surface area contributed by atoms with Crippen LogP contribution in [-0.4, -0.2) is 26.9 Å². The van der Waals surface area contributed by atoms with Crippen LogP contribution in [0.3, 0.4) is 0 Å². The highest BCUT2D eigenvalue weighted by Crippen LogP contribution is 2.38. The lowest BCUT2D eigenvalue weighted by molar-refractivity contribution is 0.177. The molecule has 94 valence electrons. The first-order valence-corrected chi connectivity index (χ1v) is 6.22. The fourth-order valence-corrected chi connectivity index (χ4v) is 2.02. The Bertz CT molecular complexity index is 565. The third kappa shape index (κ3) is 2.37. The Morgan fingerprint density at radius 2 is 2.28 bits per heavy atom. The van der Waals surface area contributed by atoms with E-state index < -0.39 is 0 Å². The van der Waals surface area contributed by atoms with Crippen LogP contribution in [0.1, 0.15) is 30.3 Å². The third-order valence-corrected chi connectivity index (χ3v) is 3.03. The van der Waals surface area contributed by atoms with Crippen LogP contribution in [0.25, 0.3) is 5.82 Å². The van der Waals surface area contributed by atoms with Gasteiger partial charge in [0.15, 0.2) is 11.6 Å². The molecule has 0 aliphatic heterocycles. The second kappa shape index (κ2) is 4.66. The van der Waals surface area contributed by atoms with E-state index in [1.807, 2.05) is 12.3 Å². The predicted molar refractivity (Wildman–Crippen MR) is 66.9 cm³/mol. The molecule has 0 aromatic carbocycles. The van der Waals surface area contributed by atoms with Gasteiger partial charge in [-0.05, 0) is 18.9 Å². The molecule has 0 atom stereocenters. The first kappa shape index (κ1) is 11.6. The summed E-state index contributed by atoms with van der Waals surface area (Å²) in [7, 11) is 1.60. The predicted octanol–water partition coefficient (Wildman–Crippen LogP) is 2.34. The molecule has 2 aromatic rings. The van der Waals surface area contributed by atoms with E-state index in [0.717, 1.165) is 5.69 Å². The SMILES string of the molecule is COCc1nc(Cl)cc(-n2ccc(C3CC3)n2)n1. The van der Waals surface area contributed by atoms with Crippen LogP contribution in [0, 0.1) is 0 Å². The van der Waals surface area contributed by atoms with Crippen molar-refractivity contribution in [1.82, 2.24) is 19.7 Å². The molecule has 0 radical (unpaired) electrons. The van der Waals surface area contributed by atoms with E-state index in [1.54, 1.807) is 17.9 Å². The van der Waals surface area contributed by atoms with Gasteiger partial charge in [-0.3, -0.25) is 0 Å². The Morgan fingerprint density at radius 3 is 3.00 bits per heavy atom. The molecule has 2 heterocycles. The normalized spacial score (nSPS) is 15.0. The van der Waals surface area contributed by atoms with Gasteiger partial charge in [0, 0.05) is 25.3 Å². The lowest BCUT2D eigenvalue weighted by atomic mass is 10.3. The standard InChI is InChI=1S/C12H13ClN4O/c1-18-7-11-14-10(13)6-12(15-11)17-5-4-9(16-17)8-2-3-8/h4-6,8H,2-3,7H2,1H3. The monoisotopic (exact) mass is 264 g/mol. The maximum atomic E-state index is 5.97. The molecule has 0 amide bonds. The van der Waals surface area contributed by atoms with Crippen LogP contribution in [0.5, 0.6) is 0 Å². The van der Waals surface area contributed by atoms with Gasteiger partial charge in [-0.1, -0.05) is 11.6 Å². The first-order chi connectivity index (χ1) is 8.76. The zero-order valence-electron chi connectivity index (χ0n) is 10.0. The Balaban J connectivity index is 1.93. The molecule has 0 bridgehead atoms. The summed E-state index contributed by atoms with van der Waals surface area (Å²) in [5, 5.41) is 4.91. The van der Waals surface area contributed by atoms with E-state index in [4.69, 9.17) is 16.3 Å². The summed E-state index contributed by atoms with van der Waals surface area (Å²) >= 11 is 5.97. The molecule has 1 fully saturated rings. The largest absolute Gasteiger partial charge is 0.377 e. The maximum absolute atomic E-state index is 5.97. The van der Waals surface area contributed by atoms with E-state index in [-0.39, 0.29) is 0 Å². The van der Waals surface area contributed by atoms with Gasteiger partial charge in [0.05, 0.1) is 5.69 Å². The summed E-state index contributed by atoms with van der Waals surface area (Å²) in [6.07, 6.45) is 4.37. The Kier molecular flexibility index (Phi) is 3.01. The first-order valence-electron chi connectivity index (χ1n) is 5.84. The molecular formula is C12H13ClN4O. The van der Waals surface area contributed by atoms with Gasteiger partial charge in [-0.15, -0.1) is 0 Å². The second-order valence-corrected chi connectivity index (χ2v) is 4.74. The van der Waals surface area contributed by atoms with Crippen LogP contribution in [-0.2, 0) is 11.3 Å². The highest BCUT2D eigenvalue weighted by Gasteiger charge is 2.26. The zero-order chi connectivity index (χ0) is 12.5. The molecule has 0 spiro atoms. The Labute approximate surface area is 110 Å². The number of halogens is 1. The van der Waals surface area contributed by atoms with Gasteiger partial charge < -0.3 is 4.74 Å². The summed E-state index contributed by atoms with van der Waals surface area (Å²) in [5.41, 5.74) is 1.12. The molecule has 1 saturated carbocycles. The van der Waals surface area contributed by atoms with Crippen LogP contribution < -0.4 is 0 Å². The van der Waals surface area contributed by atoms with Crippen molar-refractivity contribution in [3.8, 4) is 5.82 Å². The average Bonchev–Trinajstić information content (AvgIpc) is 3.07. The highest BCUT2D eigenvalue weighted by atomic mass is 35.5. The molecule has 6 heteroatoms. The van der Waals surface area contributed by atoms with Gasteiger partial charge in [0.1, 0.15) is 11.8 Å². The number of methoxy groups -OCH3 is 1. The molecule has 1 aliphatic rings. The van der Waals surface area contributed by atoms with Crippen molar-refractivity contribution in [2.75, 3.05) is 7.11 Å². The maximum Gasteiger partial charge on any atom is 0.158 e. The van der Waals surface area contributed by atoms with E-state index in [2.05, 4.69) is 15.1 Å². The molecular weight excluding hydrogens is 252 g/mol. The summed E-state index contributed by atoms with van der Waals surface area (Å²) in [6.45, 7) is 0.338. The summed E-state index contributed by atoms with van der Waals surface area (Å²) in [6, 6.07) is 3.73. The van der Waals surface area contributed by atoms with Crippen LogP contribution in [0.4, 0.5) is 0 Å². The number of hydrogen-bond donors (Lipinski definition) is 0. The minimum Gasteiger partial charge on any atom is -0.377 e. The fourth-order valence-electron chi connectivity index (χ4n) is 1.83. The van der Waals surface area contributed by atoms with Crippen molar-refractivity contribution >= 4 is 11.6 Å². The van der Waals surface area contributed by atoms with Crippen molar-refractivity contribution in [3.63, 3.8) is 0 Å². The minimum absolute atomic E-state index is 0.338. The second-order valence-electron chi connectivity index (χ2n) is 4.36. The molecule has 3 rings (SSSR count). The van der Waals surface area contributed by atoms with Crippen molar-refractivity contribution in [2.24, 2.45) is 0 Å². The highest BCUT2D eigenvalue weighted by molar-refractivity contribution is 6.29. The summed E-state index contributed by atoms with van der Waals surface area (Å²) in [4.78, 5) is 8.46. The van der Waals surface area contributed by atoms with Crippen molar-refractivity contribution in [2.45, 2.75) is 25.4 Å². The molecule has 0 unspecified atom stereocenters. The van der Waals surface area contributed by atoms with Crippen molar-refractivity contribution in [1.29, 1.82) is 0 Å². The Hall–Kier alpha value is -1.46. The molecule has 5 nitrogen and oxygen atoms in total. The number of rotatable bonds is 4. The minimum atomic E-state index is 0.338. The lowest BCUT2D eigenvalue weighted by Crippen LogP contribution is -2.05. The van der Waals surface area contributed by atoms with Gasteiger partial charge >= 0.3 is 0 Å². The quantitative estimate of drug-likeness (QED) is 0.796. The fraction of sp³-hybridized carbons (Fsp3) is 0.417. The number of aromatic nitrogens is 4.